The summed E-state index contributed by atoms with van der Waals surface area (Å²) in [7, 11) is 0. The summed E-state index contributed by atoms with van der Waals surface area (Å²) in [5.74, 6) is 1.05. The largest absolute Gasteiger partial charge is 0.327 e. The van der Waals surface area contributed by atoms with Crippen molar-refractivity contribution in [2.45, 2.75) is 24.4 Å². The molecule has 0 spiro atoms. The van der Waals surface area contributed by atoms with Gasteiger partial charge in [-0.3, -0.25) is 0 Å². The zero-order valence-corrected chi connectivity index (χ0v) is 14.3. The Morgan fingerprint density at radius 3 is 2.72 bits per heavy atom. The van der Waals surface area contributed by atoms with E-state index in [2.05, 4.69) is 20.5 Å². The first-order chi connectivity index (χ1) is 12.3. The van der Waals surface area contributed by atoms with Crippen LogP contribution in [0.3, 0.4) is 0 Å². The van der Waals surface area contributed by atoms with Gasteiger partial charge in [-0.1, -0.05) is 36.0 Å². The normalized spacial score (nSPS) is 11.3. The highest BCUT2D eigenvalue weighted by Crippen LogP contribution is 2.25. The van der Waals surface area contributed by atoms with Crippen LogP contribution in [-0.2, 0) is 12.3 Å². The van der Waals surface area contributed by atoms with Gasteiger partial charge in [-0.25, -0.2) is 9.37 Å². The molecule has 126 valence electrons. The second-order valence-corrected chi connectivity index (χ2v) is 6.32. The molecule has 4 rings (SSSR count). The molecule has 0 saturated carbocycles. The quantitative estimate of drug-likeness (QED) is 0.514. The third-order valence-corrected chi connectivity index (χ3v) is 4.81. The molecule has 25 heavy (non-hydrogen) atoms. The van der Waals surface area contributed by atoms with Crippen LogP contribution in [-0.4, -0.2) is 29.8 Å². The number of aryl methyl sites for hydroxylation is 1. The molecule has 0 bridgehead atoms. The van der Waals surface area contributed by atoms with Crippen LogP contribution >= 0.6 is 11.8 Å². The van der Waals surface area contributed by atoms with Gasteiger partial charge in [-0.05, 0) is 41.6 Å². The van der Waals surface area contributed by atoms with Crippen LogP contribution in [0.25, 0.3) is 16.7 Å². The second-order valence-electron chi connectivity index (χ2n) is 5.38. The molecule has 0 aliphatic carbocycles. The summed E-state index contributed by atoms with van der Waals surface area (Å²) in [5.41, 5.74) is 2.10. The summed E-state index contributed by atoms with van der Waals surface area (Å²) in [6.45, 7) is 2.74. The van der Waals surface area contributed by atoms with E-state index in [1.54, 1.807) is 10.7 Å². The number of fused-ring (bicyclic) bond motifs is 1. The first kappa shape index (κ1) is 15.8. The molecule has 0 radical (unpaired) electrons. The predicted octanol–water partition coefficient (Wildman–Crippen LogP) is 3.46. The molecule has 6 nitrogen and oxygen atoms in total. The SMILES string of the molecule is CCn1c(CSc2nnnn2-c2ccccc2)nc2c(F)cccc21. The molecule has 0 unspecified atom stereocenters. The molecule has 8 heteroatoms. The lowest BCUT2D eigenvalue weighted by Gasteiger charge is -2.06. The number of halogens is 1. The van der Waals surface area contributed by atoms with Crippen LogP contribution in [0.2, 0.25) is 0 Å². The summed E-state index contributed by atoms with van der Waals surface area (Å²) in [6, 6.07) is 14.7. The van der Waals surface area contributed by atoms with Gasteiger partial charge in [0, 0.05) is 6.54 Å². The Balaban J connectivity index is 1.64. The van der Waals surface area contributed by atoms with Gasteiger partial charge >= 0.3 is 0 Å². The Labute approximate surface area is 147 Å². The van der Waals surface area contributed by atoms with E-state index in [4.69, 9.17) is 0 Å². The second kappa shape index (κ2) is 6.64. The van der Waals surface area contributed by atoms with Crippen molar-refractivity contribution in [1.29, 1.82) is 0 Å². The van der Waals surface area contributed by atoms with E-state index in [0.717, 1.165) is 23.6 Å². The topological polar surface area (TPSA) is 61.4 Å². The maximum atomic E-state index is 14.0. The van der Waals surface area contributed by atoms with Crippen molar-refractivity contribution in [3.8, 4) is 5.69 Å². The molecule has 2 heterocycles. The zero-order valence-electron chi connectivity index (χ0n) is 13.5. The Hall–Kier alpha value is -2.74. The van der Waals surface area contributed by atoms with Gasteiger partial charge in [-0.2, -0.15) is 4.68 Å². The number of rotatable bonds is 5. The maximum absolute atomic E-state index is 14.0. The molecule has 2 aromatic heterocycles. The Bertz CT molecular complexity index is 1010. The molecular weight excluding hydrogens is 339 g/mol. The van der Waals surface area contributed by atoms with Crippen molar-refractivity contribution in [1.82, 2.24) is 29.8 Å². The third-order valence-electron chi connectivity index (χ3n) is 3.90. The number of aromatic nitrogens is 6. The van der Waals surface area contributed by atoms with Crippen molar-refractivity contribution in [3.05, 3.63) is 60.2 Å². The minimum atomic E-state index is -0.301. The van der Waals surface area contributed by atoms with Crippen LogP contribution in [0.4, 0.5) is 4.39 Å². The van der Waals surface area contributed by atoms with Crippen LogP contribution < -0.4 is 0 Å². The minimum Gasteiger partial charge on any atom is -0.327 e. The van der Waals surface area contributed by atoms with Crippen molar-refractivity contribution in [2.24, 2.45) is 0 Å². The number of tetrazole rings is 1. The lowest BCUT2D eigenvalue weighted by Crippen LogP contribution is -2.02. The monoisotopic (exact) mass is 354 g/mol. The summed E-state index contributed by atoms with van der Waals surface area (Å²) >= 11 is 1.47. The van der Waals surface area contributed by atoms with Crippen LogP contribution in [0, 0.1) is 5.82 Å². The van der Waals surface area contributed by atoms with Gasteiger partial charge in [0.05, 0.1) is 17.0 Å². The number of thioether (sulfide) groups is 1. The smallest absolute Gasteiger partial charge is 0.214 e. The molecular formula is C17H15FN6S. The van der Waals surface area contributed by atoms with Crippen LogP contribution in [0.15, 0.2) is 53.7 Å². The maximum Gasteiger partial charge on any atom is 0.214 e. The van der Waals surface area contributed by atoms with Gasteiger partial charge in [0.1, 0.15) is 11.3 Å². The first-order valence-corrected chi connectivity index (χ1v) is 8.86. The highest BCUT2D eigenvalue weighted by atomic mass is 32.2. The van der Waals surface area contributed by atoms with Crippen molar-refractivity contribution in [2.75, 3.05) is 0 Å². The van der Waals surface area contributed by atoms with Crippen molar-refractivity contribution >= 4 is 22.8 Å². The molecule has 0 saturated heterocycles. The molecule has 0 N–H and O–H groups in total. The lowest BCUT2D eigenvalue weighted by atomic mass is 10.3. The number of benzene rings is 2. The minimum absolute atomic E-state index is 0.301. The number of imidazole rings is 1. The van der Waals surface area contributed by atoms with Gasteiger partial charge in [0.25, 0.3) is 0 Å². The highest BCUT2D eigenvalue weighted by Gasteiger charge is 2.15. The van der Waals surface area contributed by atoms with E-state index in [-0.39, 0.29) is 5.82 Å². The predicted molar refractivity (Wildman–Crippen MR) is 94.1 cm³/mol. The fourth-order valence-corrected chi connectivity index (χ4v) is 3.59. The van der Waals surface area contributed by atoms with E-state index in [0.29, 0.717) is 16.4 Å². The molecule has 2 aromatic carbocycles. The van der Waals surface area contributed by atoms with Gasteiger partial charge in [-0.15, -0.1) is 5.10 Å². The Morgan fingerprint density at radius 1 is 1.08 bits per heavy atom. The van der Waals surface area contributed by atoms with Crippen molar-refractivity contribution < 1.29 is 4.39 Å². The standard InChI is InChI=1S/C17H15FN6S/c1-2-23-14-10-6-9-13(18)16(14)19-15(23)11-25-17-20-21-22-24(17)12-7-4-3-5-8-12/h3-10H,2,11H2,1H3. The summed E-state index contributed by atoms with van der Waals surface area (Å²) in [6.07, 6.45) is 0. The lowest BCUT2D eigenvalue weighted by molar-refractivity contribution is 0.637. The van der Waals surface area contributed by atoms with E-state index < -0.39 is 0 Å². The fourth-order valence-electron chi connectivity index (χ4n) is 2.75. The fraction of sp³-hybridized carbons (Fsp3) is 0.176. The average Bonchev–Trinajstić information content (AvgIpc) is 3.25. The Morgan fingerprint density at radius 2 is 1.92 bits per heavy atom. The molecule has 0 aliphatic heterocycles. The molecule has 0 fully saturated rings. The summed E-state index contributed by atoms with van der Waals surface area (Å²) < 4.78 is 17.7. The van der Waals surface area contributed by atoms with Crippen LogP contribution in [0.1, 0.15) is 12.7 Å². The van der Waals surface area contributed by atoms with Crippen molar-refractivity contribution in [3.63, 3.8) is 0 Å². The Kier molecular flexibility index (Phi) is 4.19. The van der Waals surface area contributed by atoms with E-state index in [9.17, 15) is 4.39 Å². The molecule has 0 atom stereocenters. The first-order valence-electron chi connectivity index (χ1n) is 7.88. The van der Waals surface area contributed by atoms with Gasteiger partial charge in [0.2, 0.25) is 5.16 Å². The number of hydrogen-bond donors (Lipinski definition) is 0. The van der Waals surface area contributed by atoms with E-state index >= 15 is 0 Å². The summed E-state index contributed by atoms with van der Waals surface area (Å²) in [5, 5.41) is 12.6. The zero-order chi connectivity index (χ0) is 17.2. The van der Waals surface area contributed by atoms with E-state index in [1.165, 1.54) is 17.8 Å². The van der Waals surface area contributed by atoms with Crippen LogP contribution in [0.5, 0.6) is 0 Å². The molecule has 0 aliphatic rings. The number of hydrogen-bond acceptors (Lipinski definition) is 5. The highest BCUT2D eigenvalue weighted by molar-refractivity contribution is 7.98. The van der Waals surface area contributed by atoms with E-state index in [1.807, 2.05) is 47.9 Å². The number of para-hydroxylation sites is 2. The molecule has 0 amide bonds. The third kappa shape index (κ3) is 2.89. The summed E-state index contributed by atoms with van der Waals surface area (Å²) in [4.78, 5) is 4.47. The number of nitrogens with zero attached hydrogens (tertiary/aromatic N) is 6. The molecule has 4 aromatic rings. The van der Waals surface area contributed by atoms with Gasteiger partial charge in [0.15, 0.2) is 5.82 Å². The van der Waals surface area contributed by atoms with Gasteiger partial charge < -0.3 is 4.57 Å². The average molecular weight is 354 g/mol.